The Hall–Kier alpha value is -2.87. The first-order valence-electron chi connectivity index (χ1n) is 7.51. The summed E-state index contributed by atoms with van der Waals surface area (Å²) in [4.78, 5) is 12.2. The van der Waals surface area contributed by atoms with Crippen molar-refractivity contribution in [3.8, 4) is 0 Å². The fourth-order valence-corrected chi connectivity index (χ4v) is 2.38. The van der Waals surface area contributed by atoms with Crippen molar-refractivity contribution in [2.45, 2.75) is 12.7 Å². The molecule has 134 valence electrons. The van der Waals surface area contributed by atoms with Gasteiger partial charge in [-0.15, -0.1) is 0 Å². The summed E-state index contributed by atoms with van der Waals surface area (Å²) in [5.41, 5.74) is -0.208. The average Bonchev–Trinajstić information content (AvgIpc) is 2.62. The second-order valence-electron chi connectivity index (χ2n) is 5.28. The Morgan fingerprint density at radius 2 is 1.77 bits per heavy atom. The lowest BCUT2D eigenvalue weighted by molar-refractivity contribution is -0.136. The molecule has 2 N–H and O–H groups in total. The fraction of sp³-hybridized carbons (Fsp3) is 0.118. The molecule has 2 heterocycles. The molecule has 9 heteroatoms. The third-order valence-corrected chi connectivity index (χ3v) is 3.63. The summed E-state index contributed by atoms with van der Waals surface area (Å²) in [6.45, 7) is 0.423. The third-order valence-electron chi connectivity index (χ3n) is 3.39. The number of nitrogens with zero attached hydrogens (tertiary/aromatic N) is 3. The van der Waals surface area contributed by atoms with Gasteiger partial charge in [-0.05, 0) is 30.3 Å². The van der Waals surface area contributed by atoms with Crippen molar-refractivity contribution in [2.24, 2.45) is 0 Å². The molecule has 3 rings (SSSR count). The number of halogens is 4. The first-order valence-corrected chi connectivity index (χ1v) is 7.89. The summed E-state index contributed by atoms with van der Waals surface area (Å²) >= 11 is 5.68. The number of rotatable bonds is 5. The molecular weight excluding hydrogens is 367 g/mol. The maximum absolute atomic E-state index is 13.2. The van der Waals surface area contributed by atoms with Gasteiger partial charge in [0.25, 0.3) is 0 Å². The summed E-state index contributed by atoms with van der Waals surface area (Å²) in [5.74, 6) is 0.673. The highest BCUT2D eigenvalue weighted by atomic mass is 35.5. The molecule has 26 heavy (non-hydrogen) atoms. The first-order chi connectivity index (χ1) is 12.4. The quantitative estimate of drug-likeness (QED) is 0.660. The van der Waals surface area contributed by atoms with Crippen molar-refractivity contribution in [3.05, 3.63) is 71.3 Å². The standard InChI is InChI=1S/C17H13ClF3N5/c18-11-4-5-14(13(7-11)17(19,20)21)26-16-8-15(24-10-25-16)23-9-12-3-1-2-6-22-12/h1-8,10H,9H2,(H2,23,24,25,26). The van der Waals surface area contributed by atoms with Gasteiger partial charge in [-0.1, -0.05) is 17.7 Å². The first kappa shape index (κ1) is 17.9. The molecule has 0 fully saturated rings. The van der Waals surface area contributed by atoms with Crippen LogP contribution in [0.3, 0.4) is 0 Å². The van der Waals surface area contributed by atoms with Gasteiger partial charge in [0.1, 0.15) is 18.0 Å². The Morgan fingerprint density at radius 1 is 0.962 bits per heavy atom. The summed E-state index contributed by atoms with van der Waals surface area (Å²) in [5, 5.41) is 5.71. The van der Waals surface area contributed by atoms with Crippen LogP contribution in [0.25, 0.3) is 0 Å². The maximum atomic E-state index is 13.2. The minimum absolute atomic E-state index is 0.00304. The summed E-state index contributed by atoms with van der Waals surface area (Å²) in [6, 6.07) is 10.5. The lowest BCUT2D eigenvalue weighted by atomic mass is 10.1. The van der Waals surface area contributed by atoms with E-state index in [0.29, 0.717) is 12.4 Å². The van der Waals surface area contributed by atoms with Crippen molar-refractivity contribution >= 4 is 28.9 Å². The van der Waals surface area contributed by atoms with Gasteiger partial charge in [0.05, 0.1) is 23.5 Å². The van der Waals surface area contributed by atoms with E-state index in [1.54, 1.807) is 12.3 Å². The van der Waals surface area contributed by atoms with Crippen molar-refractivity contribution in [2.75, 3.05) is 10.6 Å². The molecule has 0 atom stereocenters. The van der Waals surface area contributed by atoms with Gasteiger partial charge in [0, 0.05) is 17.3 Å². The van der Waals surface area contributed by atoms with E-state index in [4.69, 9.17) is 11.6 Å². The number of anilines is 3. The largest absolute Gasteiger partial charge is 0.418 e. The minimum atomic E-state index is -4.54. The average molecular weight is 380 g/mol. The number of nitrogens with one attached hydrogen (secondary N) is 2. The summed E-state index contributed by atoms with van der Waals surface area (Å²) in [6.07, 6.45) is -1.62. The fourth-order valence-electron chi connectivity index (χ4n) is 2.20. The molecule has 0 radical (unpaired) electrons. The van der Waals surface area contributed by atoms with Gasteiger partial charge in [0.2, 0.25) is 0 Å². The van der Waals surface area contributed by atoms with E-state index in [1.165, 1.54) is 24.5 Å². The number of pyridine rings is 1. The minimum Gasteiger partial charge on any atom is -0.364 e. The van der Waals surface area contributed by atoms with Crippen molar-refractivity contribution < 1.29 is 13.2 Å². The summed E-state index contributed by atoms with van der Waals surface area (Å²) < 4.78 is 39.5. The Bertz CT molecular complexity index is 887. The van der Waals surface area contributed by atoms with Gasteiger partial charge in [0.15, 0.2) is 0 Å². The van der Waals surface area contributed by atoms with Crippen LogP contribution in [-0.2, 0) is 12.7 Å². The zero-order valence-electron chi connectivity index (χ0n) is 13.3. The molecule has 0 amide bonds. The zero-order valence-corrected chi connectivity index (χ0v) is 14.0. The van der Waals surface area contributed by atoms with E-state index < -0.39 is 11.7 Å². The molecule has 0 saturated carbocycles. The molecule has 0 aliphatic rings. The van der Waals surface area contributed by atoms with Gasteiger partial charge in [-0.25, -0.2) is 9.97 Å². The molecule has 0 aliphatic heterocycles. The van der Waals surface area contributed by atoms with Crippen LogP contribution in [0.15, 0.2) is 55.0 Å². The van der Waals surface area contributed by atoms with E-state index >= 15 is 0 Å². The molecule has 5 nitrogen and oxygen atoms in total. The van der Waals surface area contributed by atoms with Crippen LogP contribution in [0, 0.1) is 0 Å². The number of aromatic nitrogens is 3. The van der Waals surface area contributed by atoms with Crippen molar-refractivity contribution in [1.29, 1.82) is 0 Å². The predicted octanol–water partition coefficient (Wildman–Crippen LogP) is 4.90. The Morgan fingerprint density at radius 3 is 2.50 bits per heavy atom. The van der Waals surface area contributed by atoms with Crippen LogP contribution in [-0.4, -0.2) is 15.0 Å². The molecule has 2 aromatic heterocycles. The maximum Gasteiger partial charge on any atom is 0.418 e. The molecule has 0 unspecified atom stereocenters. The van der Waals surface area contributed by atoms with Gasteiger partial charge >= 0.3 is 6.18 Å². The van der Waals surface area contributed by atoms with Crippen LogP contribution >= 0.6 is 11.6 Å². The van der Waals surface area contributed by atoms with E-state index in [1.807, 2.05) is 12.1 Å². The normalized spacial score (nSPS) is 11.2. The number of benzene rings is 1. The second-order valence-corrected chi connectivity index (χ2v) is 5.71. The van der Waals surface area contributed by atoms with Crippen LogP contribution in [0.5, 0.6) is 0 Å². The van der Waals surface area contributed by atoms with E-state index in [9.17, 15) is 13.2 Å². The highest BCUT2D eigenvalue weighted by Gasteiger charge is 2.33. The Balaban J connectivity index is 1.77. The highest BCUT2D eigenvalue weighted by Crippen LogP contribution is 2.37. The molecule has 0 spiro atoms. The second kappa shape index (κ2) is 7.57. The van der Waals surface area contributed by atoms with Crippen LogP contribution < -0.4 is 10.6 Å². The molecule has 1 aromatic carbocycles. The molecule has 0 bridgehead atoms. The van der Waals surface area contributed by atoms with Crippen molar-refractivity contribution in [1.82, 2.24) is 15.0 Å². The number of hydrogen-bond donors (Lipinski definition) is 2. The van der Waals surface area contributed by atoms with Crippen molar-refractivity contribution in [3.63, 3.8) is 0 Å². The third kappa shape index (κ3) is 4.60. The summed E-state index contributed by atoms with van der Waals surface area (Å²) in [7, 11) is 0. The van der Waals surface area contributed by atoms with Gasteiger partial charge < -0.3 is 10.6 Å². The number of hydrogen-bond acceptors (Lipinski definition) is 5. The lowest BCUT2D eigenvalue weighted by Crippen LogP contribution is -2.09. The monoisotopic (exact) mass is 379 g/mol. The van der Waals surface area contributed by atoms with E-state index in [-0.39, 0.29) is 16.5 Å². The van der Waals surface area contributed by atoms with E-state index in [0.717, 1.165) is 11.8 Å². The predicted molar refractivity (Wildman–Crippen MR) is 93.3 cm³/mol. The van der Waals surface area contributed by atoms with Gasteiger partial charge in [-0.3, -0.25) is 4.98 Å². The topological polar surface area (TPSA) is 62.7 Å². The molecule has 0 saturated heterocycles. The Kier molecular flexibility index (Phi) is 5.22. The Labute approximate surface area is 152 Å². The van der Waals surface area contributed by atoms with Crippen LogP contribution in [0.2, 0.25) is 5.02 Å². The molecule has 0 aliphatic carbocycles. The SMILES string of the molecule is FC(F)(F)c1cc(Cl)ccc1Nc1cc(NCc2ccccn2)ncn1. The lowest BCUT2D eigenvalue weighted by Gasteiger charge is -2.15. The number of alkyl halides is 3. The smallest absolute Gasteiger partial charge is 0.364 e. The highest BCUT2D eigenvalue weighted by molar-refractivity contribution is 6.30. The van der Waals surface area contributed by atoms with Crippen LogP contribution in [0.1, 0.15) is 11.3 Å². The molecule has 3 aromatic rings. The zero-order chi connectivity index (χ0) is 18.6. The van der Waals surface area contributed by atoms with Gasteiger partial charge in [-0.2, -0.15) is 13.2 Å². The molecular formula is C17H13ClF3N5. The van der Waals surface area contributed by atoms with E-state index in [2.05, 4.69) is 25.6 Å². The van der Waals surface area contributed by atoms with Crippen LogP contribution in [0.4, 0.5) is 30.5 Å².